The zero-order valence-corrected chi connectivity index (χ0v) is 14.3. The quantitative estimate of drug-likeness (QED) is 0.733. The Kier molecular flexibility index (Phi) is 5.35. The highest BCUT2D eigenvalue weighted by Crippen LogP contribution is 2.15. The third-order valence-electron chi connectivity index (χ3n) is 3.60. The van der Waals surface area contributed by atoms with E-state index in [-0.39, 0.29) is 11.7 Å². The van der Waals surface area contributed by atoms with Gasteiger partial charge in [-0.3, -0.25) is 4.79 Å². The van der Waals surface area contributed by atoms with E-state index >= 15 is 0 Å². The van der Waals surface area contributed by atoms with Crippen LogP contribution in [0.3, 0.4) is 0 Å². The number of aromatic nitrogens is 2. The first-order valence-electron chi connectivity index (χ1n) is 7.65. The Hall–Kier alpha value is -2.80. The molecule has 0 aliphatic carbocycles. The summed E-state index contributed by atoms with van der Waals surface area (Å²) in [5.74, 6) is 0.159. The monoisotopic (exact) mass is 357 g/mol. The van der Waals surface area contributed by atoms with Crippen molar-refractivity contribution < 1.29 is 13.9 Å². The number of hydrogen-bond acceptors (Lipinski definition) is 5. The molecule has 1 N–H and O–H groups in total. The van der Waals surface area contributed by atoms with E-state index in [2.05, 4.69) is 14.1 Å². The SMILES string of the molecule is Cc1nsnc1COc1ccc(C(=O)NCc2ccc(F)cc2)cc1. The molecule has 1 aromatic heterocycles. The maximum absolute atomic E-state index is 12.9. The van der Waals surface area contributed by atoms with Gasteiger partial charge in [-0.15, -0.1) is 0 Å². The molecule has 3 rings (SSSR count). The van der Waals surface area contributed by atoms with Gasteiger partial charge in [0.15, 0.2) is 0 Å². The van der Waals surface area contributed by atoms with Crippen molar-refractivity contribution >= 4 is 17.6 Å². The van der Waals surface area contributed by atoms with Gasteiger partial charge in [0.05, 0.1) is 17.4 Å². The van der Waals surface area contributed by atoms with Crippen molar-refractivity contribution in [3.8, 4) is 5.75 Å². The number of rotatable bonds is 6. The van der Waals surface area contributed by atoms with E-state index in [4.69, 9.17) is 4.74 Å². The molecule has 25 heavy (non-hydrogen) atoms. The molecule has 0 saturated carbocycles. The summed E-state index contributed by atoms with van der Waals surface area (Å²) in [4.78, 5) is 12.1. The molecule has 0 radical (unpaired) electrons. The third kappa shape index (κ3) is 4.60. The van der Waals surface area contributed by atoms with E-state index in [1.807, 2.05) is 6.92 Å². The highest BCUT2D eigenvalue weighted by molar-refractivity contribution is 6.99. The lowest BCUT2D eigenvalue weighted by molar-refractivity contribution is 0.0951. The maximum atomic E-state index is 12.9. The molecule has 7 heteroatoms. The van der Waals surface area contributed by atoms with Crippen molar-refractivity contribution in [2.24, 2.45) is 0 Å². The lowest BCUT2D eigenvalue weighted by atomic mass is 10.2. The van der Waals surface area contributed by atoms with Crippen molar-refractivity contribution in [3.63, 3.8) is 0 Å². The van der Waals surface area contributed by atoms with E-state index in [1.54, 1.807) is 36.4 Å². The van der Waals surface area contributed by atoms with E-state index in [1.165, 1.54) is 12.1 Å². The van der Waals surface area contributed by atoms with Crippen LogP contribution in [0.1, 0.15) is 27.3 Å². The smallest absolute Gasteiger partial charge is 0.251 e. The molecule has 0 aliphatic heterocycles. The van der Waals surface area contributed by atoms with Crippen LogP contribution in [-0.2, 0) is 13.2 Å². The Bertz CT molecular complexity index is 848. The molecule has 0 unspecified atom stereocenters. The topological polar surface area (TPSA) is 64.1 Å². The van der Waals surface area contributed by atoms with Crippen LogP contribution in [0.2, 0.25) is 0 Å². The van der Waals surface area contributed by atoms with Crippen molar-refractivity contribution in [1.29, 1.82) is 0 Å². The number of aryl methyl sites for hydroxylation is 1. The molecular formula is C18H16FN3O2S. The number of ether oxygens (including phenoxy) is 1. The Labute approximate surface area is 148 Å². The minimum absolute atomic E-state index is 0.199. The Morgan fingerprint density at radius 3 is 2.48 bits per heavy atom. The van der Waals surface area contributed by atoms with Crippen molar-refractivity contribution in [3.05, 3.63) is 76.9 Å². The molecule has 1 amide bonds. The lowest BCUT2D eigenvalue weighted by Crippen LogP contribution is -2.22. The van der Waals surface area contributed by atoms with Crippen LogP contribution in [0, 0.1) is 12.7 Å². The second kappa shape index (κ2) is 7.85. The van der Waals surface area contributed by atoms with Crippen molar-refractivity contribution in [2.75, 3.05) is 0 Å². The fraction of sp³-hybridized carbons (Fsp3) is 0.167. The number of amides is 1. The molecule has 0 aliphatic rings. The average molecular weight is 357 g/mol. The standard InChI is InChI=1S/C18H16FN3O2S/c1-12-17(22-25-21-12)11-24-16-8-4-14(5-9-16)18(23)20-10-13-2-6-15(19)7-3-13/h2-9H,10-11H2,1H3,(H,20,23). The third-order valence-corrected chi connectivity index (χ3v) is 4.26. The van der Waals surface area contributed by atoms with Gasteiger partial charge in [0, 0.05) is 12.1 Å². The minimum Gasteiger partial charge on any atom is -0.487 e. The summed E-state index contributed by atoms with van der Waals surface area (Å²) in [5.41, 5.74) is 3.04. The zero-order chi connectivity index (χ0) is 17.6. The van der Waals surface area contributed by atoms with Gasteiger partial charge in [-0.05, 0) is 48.9 Å². The first-order chi connectivity index (χ1) is 12.1. The summed E-state index contributed by atoms with van der Waals surface area (Å²) < 4.78 is 26.7. The average Bonchev–Trinajstić information content (AvgIpc) is 3.04. The summed E-state index contributed by atoms with van der Waals surface area (Å²) in [7, 11) is 0. The summed E-state index contributed by atoms with van der Waals surface area (Å²) in [5, 5.41) is 2.80. The number of carbonyl (C=O) groups excluding carboxylic acids is 1. The van der Waals surface area contributed by atoms with Gasteiger partial charge in [0.2, 0.25) is 0 Å². The lowest BCUT2D eigenvalue weighted by Gasteiger charge is -2.07. The first kappa shape index (κ1) is 17.0. The van der Waals surface area contributed by atoms with E-state index < -0.39 is 0 Å². The molecule has 0 bridgehead atoms. The van der Waals surface area contributed by atoms with Crippen molar-refractivity contribution in [1.82, 2.24) is 14.1 Å². The minimum atomic E-state index is -0.297. The van der Waals surface area contributed by atoms with Gasteiger partial charge in [-0.25, -0.2) is 4.39 Å². The summed E-state index contributed by atoms with van der Waals surface area (Å²) in [6.45, 7) is 2.57. The number of halogens is 1. The predicted molar refractivity (Wildman–Crippen MR) is 93.0 cm³/mol. The van der Waals surface area contributed by atoms with E-state index in [9.17, 15) is 9.18 Å². The van der Waals surface area contributed by atoms with Gasteiger partial charge < -0.3 is 10.1 Å². The summed E-state index contributed by atoms with van der Waals surface area (Å²) >= 11 is 1.16. The molecule has 0 atom stereocenters. The van der Waals surface area contributed by atoms with Gasteiger partial charge >= 0.3 is 0 Å². The number of nitrogens with zero attached hydrogens (tertiary/aromatic N) is 2. The summed E-state index contributed by atoms with van der Waals surface area (Å²) in [6.07, 6.45) is 0. The normalized spacial score (nSPS) is 10.5. The number of carbonyl (C=O) groups is 1. The van der Waals surface area contributed by atoms with Crippen LogP contribution in [0.25, 0.3) is 0 Å². The molecule has 5 nitrogen and oxygen atoms in total. The van der Waals surface area contributed by atoms with E-state index in [0.29, 0.717) is 24.5 Å². The number of benzene rings is 2. The number of nitrogens with one attached hydrogen (secondary N) is 1. The molecule has 0 fully saturated rings. The first-order valence-corrected chi connectivity index (χ1v) is 8.38. The van der Waals surface area contributed by atoms with Crippen LogP contribution in [-0.4, -0.2) is 14.7 Å². The Morgan fingerprint density at radius 1 is 1.12 bits per heavy atom. The second-order valence-corrected chi connectivity index (χ2v) is 5.95. The fourth-order valence-electron chi connectivity index (χ4n) is 2.12. The van der Waals surface area contributed by atoms with Crippen LogP contribution in [0.4, 0.5) is 4.39 Å². The molecule has 2 aromatic carbocycles. The van der Waals surface area contributed by atoms with Gasteiger partial charge in [-0.1, -0.05) is 12.1 Å². The van der Waals surface area contributed by atoms with Crippen LogP contribution < -0.4 is 10.1 Å². The second-order valence-electron chi connectivity index (χ2n) is 5.42. The van der Waals surface area contributed by atoms with Crippen LogP contribution in [0.5, 0.6) is 5.75 Å². The van der Waals surface area contributed by atoms with Gasteiger partial charge in [-0.2, -0.15) is 8.75 Å². The molecule has 0 spiro atoms. The zero-order valence-electron chi connectivity index (χ0n) is 13.5. The van der Waals surface area contributed by atoms with Gasteiger partial charge in [0.1, 0.15) is 23.9 Å². The molecule has 128 valence electrons. The molecular weight excluding hydrogens is 341 g/mol. The Balaban J connectivity index is 1.53. The maximum Gasteiger partial charge on any atom is 0.251 e. The van der Waals surface area contributed by atoms with Crippen LogP contribution in [0.15, 0.2) is 48.5 Å². The largest absolute Gasteiger partial charge is 0.487 e. The highest BCUT2D eigenvalue weighted by Gasteiger charge is 2.07. The molecule has 3 aromatic rings. The summed E-state index contributed by atoms with van der Waals surface area (Å²) in [6, 6.07) is 12.9. The Morgan fingerprint density at radius 2 is 1.84 bits per heavy atom. The van der Waals surface area contributed by atoms with Crippen molar-refractivity contribution in [2.45, 2.75) is 20.1 Å². The van der Waals surface area contributed by atoms with Crippen LogP contribution >= 0.6 is 11.7 Å². The fourth-order valence-corrected chi connectivity index (χ4v) is 2.67. The highest BCUT2D eigenvalue weighted by atomic mass is 32.1. The van der Waals surface area contributed by atoms with E-state index in [0.717, 1.165) is 28.7 Å². The van der Waals surface area contributed by atoms with Gasteiger partial charge in [0.25, 0.3) is 5.91 Å². The molecule has 0 saturated heterocycles. The number of hydrogen-bond donors (Lipinski definition) is 1. The molecule has 1 heterocycles. The predicted octanol–water partition coefficient (Wildman–Crippen LogP) is 3.49.